The van der Waals surface area contributed by atoms with Crippen LogP contribution < -0.4 is 4.74 Å². The molecule has 1 aromatic heterocycles. The minimum Gasteiger partial charge on any atom is -0.497 e. The Morgan fingerprint density at radius 3 is 2.40 bits per heavy atom. The predicted octanol–water partition coefficient (Wildman–Crippen LogP) is 2.70. The van der Waals surface area contributed by atoms with Crippen molar-refractivity contribution in [1.29, 1.82) is 0 Å². The Kier molecular flexibility index (Phi) is 4.87. The van der Waals surface area contributed by atoms with Gasteiger partial charge in [0.1, 0.15) is 5.75 Å². The zero-order valence-electron chi connectivity index (χ0n) is 14.0. The van der Waals surface area contributed by atoms with Gasteiger partial charge in [0.2, 0.25) is 10.0 Å². The second-order valence-electron chi connectivity index (χ2n) is 5.57. The van der Waals surface area contributed by atoms with Gasteiger partial charge in [-0.25, -0.2) is 13.1 Å². The fraction of sp³-hybridized carbons (Fsp3) is 0.167. The molecule has 0 aliphatic heterocycles. The van der Waals surface area contributed by atoms with Gasteiger partial charge in [0.25, 0.3) is 0 Å². The van der Waals surface area contributed by atoms with Crippen molar-refractivity contribution >= 4 is 10.0 Å². The monoisotopic (exact) mass is 357 g/mol. The van der Waals surface area contributed by atoms with Crippen LogP contribution in [0.15, 0.2) is 71.9 Å². The molecule has 0 bridgehead atoms. The molecule has 7 heteroatoms. The number of rotatable bonds is 6. The molecule has 0 fully saturated rings. The number of para-hydroxylation sites is 1. The van der Waals surface area contributed by atoms with Crippen molar-refractivity contribution in [3.05, 3.63) is 72.6 Å². The lowest BCUT2D eigenvalue weighted by Gasteiger charge is -2.16. The molecule has 3 aromatic rings. The predicted molar refractivity (Wildman–Crippen MR) is 95.2 cm³/mol. The van der Waals surface area contributed by atoms with E-state index in [1.54, 1.807) is 37.2 Å². The average Bonchev–Trinajstić information content (AvgIpc) is 3.11. The fourth-order valence-electron chi connectivity index (χ4n) is 2.43. The zero-order valence-corrected chi connectivity index (χ0v) is 14.8. The maximum Gasteiger partial charge on any atom is 0.243 e. The van der Waals surface area contributed by atoms with Crippen molar-refractivity contribution in [2.75, 3.05) is 14.2 Å². The maximum atomic E-state index is 12.7. The van der Waals surface area contributed by atoms with Gasteiger partial charge in [-0.05, 0) is 36.4 Å². The van der Waals surface area contributed by atoms with Gasteiger partial charge in [0.05, 0.1) is 23.9 Å². The molecule has 0 spiro atoms. The summed E-state index contributed by atoms with van der Waals surface area (Å²) in [6, 6.07) is 16.0. The van der Waals surface area contributed by atoms with Crippen LogP contribution in [0, 0.1) is 0 Å². The molecule has 2 aromatic carbocycles. The second-order valence-corrected chi connectivity index (χ2v) is 7.61. The molecule has 0 aliphatic carbocycles. The number of hydrogen-bond donors (Lipinski definition) is 0. The van der Waals surface area contributed by atoms with Crippen LogP contribution in [0.3, 0.4) is 0 Å². The van der Waals surface area contributed by atoms with Gasteiger partial charge in [0, 0.05) is 25.4 Å². The van der Waals surface area contributed by atoms with Crippen molar-refractivity contribution in [1.82, 2.24) is 14.1 Å². The van der Waals surface area contributed by atoms with Crippen LogP contribution in [0.5, 0.6) is 5.75 Å². The van der Waals surface area contributed by atoms with E-state index in [1.165, 1.54) is 16.4 Å². The van der Waals surface area contributed by atoms with E-state index in [0.717, 1.165) is 11.3 Å². The molecule has 0 unspecified atom stereocenters. The minimum atomic E-state index is -3.58. The van der Waals surface area contributed by atoms with Gasteiger partial charge >= 0.3 is 0 Å². The van der Waals surface area contributed by atoms with Crippen LogP contribution in [-0.2, 0) is 16.6 Å². The van der Waals surface area contributed by atoms with Gasteiger partial charge in [-0.3, -0.25) is 0 Å². The summed E-state index contributed by atoms with van der Waals surface area (Å²) in [6.45, 7) is 0.237. The maximum absolute atomic E-state index is 12.7. The third kappa shape index (κ3) is 3.72. The Hall–Kier alpha value is -2.64. The minimum absolute atomic E-state index is 0.228. The van der Waals surface area contributed by atoms with Gasteiger partial charge in [0.15, 0.2) is 0 Å². The number of aromatic nitrogens is 2. The standard InChI is InChI=1S/C18H19N3O3S/c1-20(25(22,23)18-10-8-17(24-2)9-11-18)13-15-12-19-21(14-15)16-6-4-3-5-7-16/h3-12,14H,13H2,1-2H3. The molecule has 0 saturated heterocycles. The lowest BCUT2D eigenvalue weighted by Crippen LogP contribution is -2.26. The first kappa shape index (κ1) is 17.2. The van der Waals surface area contributed by atoms with Crippen LogP contribution in [-0.4, -0.2) is 36.7 Å². The highest BCUT2D eigenvalue weighted by Gasteiger charge is 2.21. The first-order chi connectivity index (χ1) is 12.0. The highest BCUT2D eigenvalue weighted by molar-refractivity contribution is 7.89. The highest BCUT2D eigenvalue weighted by atomic mass is 32.2. The van der Waals surface area contributed by atoms with E-state index in [0.29, 0.717) is 5.75 Å². The Balaban J connectivity index is 1.77. The molecule has 6 nitrogen and oxygen atoms in total. The van der Waals surface area contributed by atoms with Crippen LogP contribution in [0.4, 0.5) is 0 Å². The number of ether oxygens (including phenoxy) is 1. The van der Waals surface area contributed by atoms with Crippen molar-refractivity contribution in [2.45, 2.75) is 11.4 Å². The van der Waals surface area contributed by atoms with Crippen molar-refractivity contribution in [3.8, 4) is 11.4 Å². The third-order valence-corrected chi connectivity index (χ3v) is 5.65. The second kappa shape index (κ2) is 7.08. The molecule has 0 atom stereocenters. The van der Waals surface area contributed by atoms with Gasteiger partial charge in [-0.1, -0.05) is 18.2 Å². The van der Waals surface area contributed by atoms with Gasteiger partial charge < -0.3 is 4.74 Å². The topological polar surface area (TPSA) is 64.4 Å². The Morgan fingerprint density at radius 2 is 1.76 bits per heavy atom. The summed E-state index contributed by atoms with van der Waals surface area (Å²) in [6.07, 6.45) is 3.50. The van der Waals surface area contributed by atoms with Gasteiger partial charge in [-0.2, -0.15) is 9.40 Å². The van der Waals surface area contributed by atoms with E-state index in [-0.39, 0.29) is 11.4 Å². The SMILES string of the molecule is COc1ccc(S(=O)(=O)N(C)Cc2cnn(-c3ccccc3)c2)cc1. The molecule has 0 saturated carbocycles. The summed E-state index contributed by atoms with van der Waals surface area (Å²) in [7, 11) is -0.480. The van der Waals surface area contributed by atoms with Crippen LogP contribution in [0.2, 0.25) is 0 Å². The summed E-state index contributed by atoms with van der Waals surface area (Å²) >= 11 is 0. The molecule has 0 aliphatic rings. The first-order valence-electron chi connectivity index (χ1n) is 7.70. The summed E-state index contributed by atoms with van der Waals surface area (Å²) < 4.78 is 33.4. The first-order valence-corrected chi connectivity index (χ1v) is 9.14. The normalized spacial score (nSPS) is 11.6. The van der Waals surface area contributed by atoms with Crippen LogP contribution in [0.1, 0.15) is 5.56 Å². The van der Waals surface area contributed by atoms with E-state index < -0.39 is 10.0 Å². The van der Waals surface area contributed by atoms with E-state index in [4.69, 9.17) is 4.74 Å². The van der Waals surface area contributed by atoms with Crippen LogP contribution >= 0.6 is 0 Å². The van der Waals surface area contributed by atoms with E-state index >= 15 is 0 Å². The smallest absolute Gasteiger partial charge is 0.243 e. The van der Waals surface area contributed by atoms with Crippen molar-refractivity contribution in [2.24, 2.45) is 0 Å². The summed E-state index contributed by atoms with van der Waals surface area (Å²) in [4.78, 5) is 0.228. The number of sulfonamides is 1. The molecule has 0 N–H and O–H groups in total. The summed E-state index contributed by atoms with van der Waals surface area (Å²) in [5.41, 5.74) is 1.73. The number of nitrogens with zero attached hydrogens (tertiary/aromatic N) is 3. The summed E-state index contributed by atoms with van der Waals surface area (Å²) in [5.74, 6) is 0.616. The Labute approximate surface area is 147 Å². The lowest BCUT2D eigenvalue weighted by atomic mass is 10.3. The average molecular weight is 357 g/mol. The molecule has 0 amide bonds. The van der Waals surface area contributed by atoms with Crippen molar-refractivity contribution in [3.63, 3.8) is 0 Å². The Bertz CT molecular complexity index is 935. The van der Waals surface area contributed by atoms with Crippen LogP contribution in [0.25, 0.3) is 5.69 Å². The molecule has 3 rings (SSSR count). The summed E-state index contributed by atoms with van der Waals surface area (Å²) in [5, 5.41) is 4.30. The molecule has 1 heterocycles. The molecule has 25 heavy (non-hydrogen) atoms. The number of hydrogen-bond acceptors (Lipinski definition) is 4. The van der Waals surface area contributed by atoms with E-state index in [1.807, 2.05) is 36.5 Å². The van der Waals surface area contributed by atoms with Gasteiger partial charge in [-0.15, -0.1) is 0 Å². The molecule has 0 radical (unpaired) electrons. The van der Waals surface area contributed by atoms with E-state index in [2.05, 4.69) is 5.10 Å². The molecular formula is C18H19N3O3S. The lowest BCUT2D eigenvalue weighted by molar-refractivity contribution is 0.414. The molecule has 130 valence electrons. The largest absolute Gasteiger partial charge is 0.497 e. The zero-order chi connectivity index (χ0) is 17.9. The number of benzene rings is 2. The Morgan fingerprint density at radius 1 is 1.08 bits per heavy atom. The van der Waals surface area contributed by atoms with Crippen molar-refractivity contribution < 1.29 is 13.2 Å². The fourth-order valence-corrected chi connectivity index (χ4v) is 3.59. The third-order valence-electron chi connectivity index (χ3n) is 3.83. The number of methoxy groups -OCH3 is 1. The molecular weight excluding hydrogens is 338 g/mol. The van der Waals surface area contributed by atoms with E-state index in [9.17, 15) is 8.42 Å². The quantitative estimate of drug-likeness (QED) is 0.680. The highest BCUT2D eigenvalue weighted by Crippen LogP contribution is 2.20.